The topological polar surface area (TPSA) is 113 Å². The van der Waals surface area contributed by atoms with Crippen LogP contribution in [0.15, 0.2) is 40.4 Å². The van der Waals surface area contributed by atoms with E-state index in [1.165, 1.54) is 6.26 Å². The second-order valence-corrected chi connectivity index (χ2v) is 11.9. The zero-order valence-corrected chi connectivity index (χ0v) is 23.2. The van der Waals surface area contributed by atoms with E-state index in [0.29, 0.717) is 55.9 Å². The zero-order chi connectivity index (χ0) is 27.2. The number of carbonyl (C=O) groups is 1. The van der Waals surface area contributed by atoms with Gasteiger partial charge in [-0.1, -0.05) is 12.1 Å². The SMILES string of the molecule is Cc1cccc2c1N(C(=O)OC(C)(C)C)CCN2c1cc2cnc([S+](C)[O-])nc2n(C2CCOCC2)c1=O. The number of hydrogen-bond donors (Lipinski definition) is 0. The lowest BCUT2D eigenvalue weighted by Crippen LogP contribution is -2.46. The van der Waals surface area contributed by atoms with Gasteiger partial charge in [-0.05, 0) is 58.2 Å². The first-order chi connectivity index (χ1) is 18.0. The van der Waals surface area contributed by atoms with E-state index in [1.807, 2.05) is 50.8 Å². The molecule has 0 N–H and O–H groups in total. The third kappa shape index (κ3) is 4.97. The Bertz CT molecular complexity index is 1430. The Labute approximate surface area is 224 Å². The van der Waals surface area contributed by atoms with Crippen molar-refractivity contribution in [2.24, 2.45) is 0 Å². The Morgan fingerprint density at radius 2 is 1.92 bits per heavy atom. The van der Waals surface area contributed by atoms with E-state index < -0.39 is 22.9 Å². The predicted octanol–water partition coefficient (Wildman–Crippen LogP) is 4.08. The molecule has 1 fully saturated rings. The number of amides is 1. The molecular formula is C27H33N5O5S. The molecule has 1 atom stereocenters. The van der Waals surface area contributed by atoms with Gasteiger partial charge in [0.25, 0.3) is 5.56 Å². The number of aryl methyl sites for hydroxylation is 1. The molecule has 5 rings (SSSR count). The molecule has 10 nitrogen and oxygen atoms in total. The summed E-state index contributed by atoms with van der Waals surface area (Å²) in [6.45, 7) is 9.34. The maximum atomic E-state index is 14.2. The predicted molar refractivity (Wildman–Crippen MR) is 147 cm³/mol. The van der Waals surface area contributed by atoms with Crippen molar-refractivity contribution in [1.29, 1.82) is 0 Å². The molecule has 202 valence electrons. The van der Waals surface area contributed by atoms with Gasteiger partial charge in [-0.25, -0.2) is 4.79 Å². The first-order valence-electron chi connectivity index (χ1n) is 12.8. The molecule has 1 unspecified atom stereocenters. The van der Waals surface area contributed by atoms with E-state index in [4.69, 9.17) is 9.47 Å². The van der Waals surface area contributed by atoms with Crippen LogP contribution in [-0.2, 0) is 20.6 Å². The highest BCUT2D eigenvalue weighted by Crippen LogP contribution is 2.40. The Balaban J connectivity index is 1.67. The number of fused-ring (bicyclic) bond motifs is 2. The number of carbonyl (C=O) groups excluding carboxylic acids is 1. The molecule has 1 saturated heterocycles. The smallest absolute Gasteiger partial charge is 0.414 e. The van der Waals surface area contributed by atoms with Gasteiger partial charge in [0, 0.05) is 55.1 Å². The number of rotatable bonds is 3. The van der Waals surface area contributed by atoms with Gasteiger partial charge in [0.05, 0.1) is 11.4 Å². The van der Waals surface area contributed by atoms with Crippen LogP contribution in [0.3, 0.4) is 0 Å². The highest BCUT2D eigenvalue weighted by Gasteiger charge is 2.34. The number of nitrogens with zero attached hydrogens (tertiary/aromatic N) is 5. The number of hydrogen-bond acceptors (Lipinski definition) is 8. The molecular weight excluding hydrogens is 506 g/mol. The molecule has 38 heavy (non-hydrogen) atoms. The fraction of sp³-hybridized carbons (Fsp3) is 0.481. The van der Waals surface area contributed by atoms with Gasteiger partial charge in [-0.15, -0.1) is 0 Å². The number of pyridine rings is 1. The summed E-state index contributed by atoms with van der Waals surface area (Å²) in [5.74, 6) is 0. The number of para-hydroxylation sites is 1. The van der Waals surface area contributed by atoms with Gasteiger partial charge in [-0.2, -0.15) is 9.97 Å². The van der Waals surface area contributed by atoms with Gasteiger partial charge in [-0.3, -0.25) is 14.3 Å². The number of aromatic nitrogens is 3. The maximum absolute atomic E-state index is 14.2. The Morgan fingerprint density at radius 1 is 1.18 bits per heavy atom. The maximum Gasteiger partial charge on any atom is 0.414 e. The summed E-state index contributed by atoms with van der Waals surface area (Å²) < 4.78 is 25.1. The lowest BCUT2D eigenvalue weighted by molar-refractivity contribution is 0.0580. The van der Waals surface area contributed by atoms with Crippen LogP contribution in [0.4, 0.5) is 21.9 Å². The van der Waals surface area contributed by atoms with E-state index in [0.717, 1.165) is 16.9 Å². The molecule has 3 aromatic rings. The normalized spacial score (nSPS) is 17.4. The minimum Gasteiger partial charge on any atom is -0.609 e. The molecule has 0 saturated carbocycles. The van der Waals surface area contributed by atoms with E-state index in [9.17, 15) is 14.1 Å². The lowest BCUT2D eigenvalue weighted by atomic mass is 10.1. The van der Waals surface area contributed by atoms with Gasteiger partial charge < -0.3 is 18.9 Å². The second-order valence-electron chi connectivity index (χ2n) is 10.7. The average Bonchev–Trinajstić information content (AvgIpc) is 2.87. The van der Waals surface area contributed by atoms with Gasteiger partial charge in [0.2, 0.25) is 0 Å². The number of benzene rings is 1. The molecule has 0 bridgehead atoms. The summed E-state index contributed by atoms with van der Waals surface area (Å²) in [7, 11) is 0. The molecule has 2 aliphatic heterocycles. The van der Waals surface area contributed by atoms with Crippen LogP contribution in [-0.4, -0.2) is 63.3 Å². The largest absolute Gasteiger partial charge is 0.609 e. The summed E-state index contributed by atoms with van der Waals surface area (Å²) in [6, 6.07) is 7.48. The van der Waals surface area contributed by atoms with E-state index in [2.05, 4.69) is 9.97 Å². The van der Waals surface area contributed by atoms with Crippen molar-refractivity contribution in [3.8, 4) is 0 Å². The second kappa shape index (κ2) is 10.2. The fourth-order valence-electron chi connectivity index (χ4n) is 5.10. The lowest BCUT2D eigenvalue weighted by Gasteiger charge is -2.39. The van der Waals surface area contributed by atoms with Crippen molar-refractivity contribution in [3.05, 3.63) is 46.4 Å². The minimum atomic E-state index is -1.38. The summed E-state index contributed by atoms with van der Waals surface area (Å²) >= 11 is -1.38. The molecule has 1 aromatic carbocycles. The highest BCUT2D eigenvalue weighted by molar-refractivity contribution is 7.90. The molecule has 11 heteroatoms. The van der Waals surface area contributed by atoms with Crippen LogP contribution in [0.2, 0.25) is 0 Å². The number of ether oxygens (including phenoxy) is 2. The Morgan fingerprint density at radius 3 is 2.61 bits per heavy atom. The van der Waals surface area contributed by atoms with Gasteiger partial charge >= 0.3 is 11.2 Å². The average molecular weight is 540 g/mol. The summed E-state index contributed by atoms with van der Waals surface area (Å²) in [4.78, 5) is 39.8. The fourth-order valence-corrected chi connectivity index (χ4v) is 5.51. The summed E-state index contributed by atoms with van der Waals surface area (Å²) in [6.07, 6.45) is 4.09. The van der Waals surface area contributed by atoms with Gasteiger partial charge in [0.1, 0.15) is 17.5 Å². The standard InChI is InChI=1S/C27H33N5O5S/c1-17-7-6-8-20-22(17)31(26(34)37-27(2,3)4)12-11-30(20)21-15-18-16-28-25(38(5)35)29-23(18)32(24(21)33)19-9-13-36-14-10-19/h6-8,15-16,19H,9-14H2,1-5H3. The Hall–Kier alpha value is -3.15. The third-order valence-electron chi connectivity index (χ3n) is 6.77. The van der Waals surface area contributed by atoms with Crippen LogP contribution >= 0.6 is 0 Å². The van der Waals surface area contributed by atoms with Crippen LogP contribution < -0.4 is 15.4 Å². The van der Waals surface area contributed by atoms with Crippen LogP contribution in [0.25, 0.3) is 11.0 Å². The van der Waals surface area contributed by atoms with Crippen molar-refractivity contribution >= 4 is 45.4 Å². The van der Waals surface area contributed by atoms with Crippen LogP contribution in [0, 0.1) is 6.92 Å². The van der Waals surface area contributed by atoms with Crippen molar-refractivity contribution in [2.75, 3.05) is 42.4 Å². The first-order valence-corrected chi connectivity index (χ1v) is 14.3. The molecule has 0 radical (unpaired) electrons. The van der Waals surface area contributed by atoms with Gasteiger partial charge in [0.15, 0.2) is 5.65 Å². The van der Waals surface area contributed by atoms with Crippen LogP contribution in [0.1, 0.15) is 45.2 Å². The van der Waals surface area contributed by atoms with Crippen LogP contribution in [0.5, 0.6) is 0 Å². The van der Waals surface area contributed by atoms with E-state index in [1.54, 1.807) is 21.7 Å². The molecule has 0 spiro atoms. The molecule has 2 aromatic heterocycles. The van der Waals surface area contributed by atoms with Crippen molar-refractivity contribution < 1.29 is 18.8 Å². The quantitative estimate of drug-likeness (QED) is 0.361. The number of anilines is 3. The summed E-state index contributed by atoms with van der Waals surface area (Å²) in [5.41, 5.74) is 2.52. The van der Waals surface area contributed by atoms with Crippen molar-refractivity contribution in [1.82, 2.24) is 14.5 Å². The van der Waals surface area contributed by atoms with E-state index >= 15 is 0 Å². The Kier molecular flexibility index (Phi) is 7.10. The highest BCUT2D eigenvalue weighted by atomic mass is 32.2. The third-order valence-corrected chi connectivity index (χ3v) is 7.49. The molecule has 2 aliphatic rings. The summed E-state index contributed by atoms with van der Waals surface area (Å²) in [5, 5.41) is 0.876. The first kappa shape index (κ1) is 26.5. The molecule has 0 aliphatic carbocycles. The van der Waals surface area contributed by atoms with Crippen molar-refractivity contribution in [3.63, 3.8) is 0 Å². The zero-order valence-electron chi connectivity index (χ0n) is 22.4. The monoisotopic (exact) mass is 539 g/mol. The molecule has 4 heterocycles. The van der Waals surface area contributed by atoms with E-state index in [-0.39, 0.29) is 16.8 Å². The van der Waals surface area contributed by atoms with Crippen molar-refractivity contribution in [2.45, 2.75) is 57.3 Å². The molecule has 1 amide bonds. The minimum absolute atomic E-state index is 0.105.